The van der Waals surface area contributed by atoms with E-state index < -0.39 is 0 Å². The van der Waals surface area contributed by atoms with Crippen LogP contribution in [0, 0.1) is 0 Å². The van der Waals surface area contributed by atoms with E-state index in [1.54, 1.807) is 0 Å². The SMILES string of the molecule is Nc1nc(CCCO)nc2ccc(Br)cc12. The van der Waals surface area contributed by atoms with E-state index in [-0.39, 0.29) is 6.61 Å². The molecule has 0 saturated carbocycles. The number of rotatable bonds is 3. The van der Waals surface area contributed by atoms with E-state index >= 15 is 0 Å². The largest absolute Gasteiger partial charge is 0.396 e. The number of aromatic nitrogens is 2. The standard InChI is InChI=1S/C11H12BrN3O/c12-7-3-4-9-8(6-7)11(13)15-10(14-9)2-1-5-16/h3-4,6,16H,1-2,5H2,(H2,13,14,15). The van der Waals surface area contributed by atoms with Gasteiger partial charge in [-0.15, -0.1) is 0 Å². The van der Waals surface area contributed by atoms with Gasteiger partial charge in [-0.25, -0.2) is 9.97 Å². The minimum Gasteiger partial charge on any atom is -0.396 e. The lowest BCUT2D eigenvalue weighted by Gasteiger charge is -2.05. The Kier molecular flexibility index (Phi) is 3.36. The molecule has 0 radical (unpaired) electrons. The topological polar surface area (TPSA) is 72.0 Å². The Morgan fingerprint density at radius 2 is 2.12 bits per heavy atom. The van der Waals surface area contributed by atoms with Crippen LogP contribution in [-0.4, -0.2) is 21.7 Å². The third-order valence-corrected chi connectivity index (χ3v) is 2.79. The predicted octanol–water partition coefficient (Wildman–Crippen LogP) is 1.90. The fraction of sp³-hybridized carbons (Fsp3) is 0.273. The molecule has 0 fully saturated rings. The molecule has 0 aliphatic rings. The Balaban J connectivity index is 2.46. The smallest absolute Gasteiger partial charge is 0.135 e. The number of hydrogen-bond acceptors (Lipinski definition) is 4. The highest BCUT2D eigenvalue weighted by molar-refractivity contribution is 9.10. The Morgan fingerprint density at radius 3 is 2.88 bits per heavy atom. The summed E-state index contributed by atoms with van der Waals surface area (Å²) >= 11 is 3.38. The molecule has 1 heterocycles. The minimum absolute atomic E-state index is 0.141. The number of nitrogen functional groups attached to an aromatic ring is 1. The molecule has 0 unspecified atom stereocenters. The van der Waals surface area contributed by atoms with Crippen molar-refractivity contribution in [2.24, 2.45) is 0 Å². The quantitative estimate of drug-likeness (QED) is 0.901. The summed E-state index contributed by atoms with van der Waals surface area (Å²) in [6.45, 7) is 0.141. The van der Waals surface area contributed by atoms with E-state index in [2.05, 4.69) is 25.9 Å². The third kappa shape index (κ3) is 2.31. The average molecular weight is 282 g/mol. The van der Waals surface area contributed by atoms with Crippen LogP contribution >= 0.6 is 15.9 Å². The number of aryl methyl sites for hydroxylation is 1. The van der Waals surface area contributed by atoms with Crippen molar-refractivity contribution >= 4 is 32.7 Å². The molecule has 5 heteroatoms. The molecule has 16 heavy (non-hydrogen) atoms. The maximum absolute atomic E-state index is 8.75. The van der Waals surface area contributed by atoms with Gasteiger partial charge < -0.3 is 10.8 Å². The fourth-order valence-electron chi connectivity index (χ4n) is 1.52. The second-order valence-corrected chi connectivity index (χ2v) is 4.43. The Labute approximate surface area is 102 Å². The van der Waals surface area contributed by atoms with Crippen LogP contribution in [0.25, 0.3) is 10.9 Å². The number of halogens is 1. The number of nitrogens with two attached hydrogens (primary N) is 1. The van der Waals surface area contributed by atoms with Gasteiger partial charge in [-0.1, -0.05) is 15.9 Å². The molecule has 2 aromatic rings. The van der Waals surface area contributed by atoms with E-state index in [0.29, 0.717) is 24.5 Å². The number of aliphatic hydroxyl groups is 1. The number of hydrogen-bond donors (Lipinski definition) is 2. The summed E-state index contributed by atoms with van der Waals surface area (Å²) in [6.07, 6.45) is 1.30. The summed E-state index contributed by atoms with van der Waals surface area (Å²) in [4.78, 5) is 8.61. The van der Waals surface area contributed by atoms with Crippen LogP contribution in [0.5, 0.6) is 0 Å². The zero-order valence-electron chi connectivity index (χ0n) is 8.65. The van der Waals surface area contributed by atoms with Gasteiger partial charge in [0.2, 0.25) is 0 Å². The lowest BCUT2D eigenvalue weighted by atomic mass is 10.2. The van der Waals surface area contributed by atoms with Crippen molar-refractivity contribution in [2.45, 2.75) is 12.8 Å². The van der Waals surface area contributed by atoms with Gasteiger partial charge in [0.15, 0.2) is 0 Å². The van der Waals surface area contributed by atoms with Crippen LogP contribution in [-0.2, 0) is 6.42 Å². The second-order valence-electron chi connectivity index (χ2n) is 3.51. The number of nitrogens with zero attached hydrogens (tertiary/aromatic N) is 2. The van der Waals surface area contributed by atoms with Crippen molar-refractivity contribution in [2.75, 3.05) is 12.3 Å². The summed E-state index contributed by atoms with van der Waals surface area (Å²) in [6, 6.07) is 5.73. The van der Waals surface area contributed by atoms with E-state index in [0.717, 1.165) is 15.4 Å². The summed E-state index contributed by atoms with van der Waals surface area (Å²) in [5.74, 6) is 1.17. The average Bonchev–Trinajstić information content (AvgIpc) is 2.27. The van der Waals surface area contributed by atoms with Crippen molar-refractivity contribution in [1.82, 2.24) is 9.97 Å². The molecule has 3 N–H and O–H groups in total. The molecule has 84 valence electrons. The lowest BCUT2D eigenvalue weighted by Crippen LogP contribution is -2.02. The molecule has 0 atom stereocenters. The zero-order valence-corrected chi connectivity index (χ0v) is 10.2. The van der Waals surface area contributed by atoms with Crippen molar-refractivity contribution in [3.63, 3.8) is 0 Å². The zero-order chi connectivity index (χ0) is 11.5. The molecule has 0 amide bonds. The fourth-order valence-corrected chi connectivity index (χ4v) is 1.88. The maximum Gasteiger partial charge on any atom is 0.135 e. The lowest BCUT2D eigenvalue weighted by molar-refractivity contribution is 0.287. The molecule has 0 saturated heterocycles. The Morgan fingerprint density at radius 1 is 1.31 bits per heavy atom. The first-order valence-electron chi connectivity index (χ1n) is 5.03. The first-order chi connectivity index (χ1) is 7.70. The van der Waals surface area contributed by atoms with Gasteiger partial charge >= 0.3 is 0 Å². The van der Waals surface area contributed by atoms with Gasteiger partial charge in [0.25, 0.3) is 0 Å². The summed E-state index contributed by atoms with van der Waals surface area (Å²) in [5, 5.41) is 9.60. The molecule has 0 spiro atoms. The summed E-state index contributed by atoms with van der Waals surface area (Å²) in [5.41, 5.74) is 6.70. The molecular weight excluding hydrogens is 270 g/mol. The number of anilines is 1. The number of aliphatic hydroxyl groups excluding tert-OH is 1. The van der Waals surface area contributed by atoms with Gasteiger partial charge in [-0.05, 0) is 24.6 Å². The first-order valence-corrected chi connectivity index (χ1v) is 5.82. The molecular formula is C11H12BrN3O. The molecule has 4 nitrogen and oxygen atoms in total. The number of fused-ring (bicyclic) bond motifs is 1. The van der Waals surface area contributed by atoms with Crippen molar-refractivity contribution < 1.29 is 5.11 Å². The van der Waals surface area contributed by atoms with Gasteiger partial charge in [-0.2, -0.15) is 0 Å². The normalized spacial score (nSPS) is 10.9. The molecule has 1 aromatic carbocycles. The van der Waals surface area contributed by atoms with Crippen molar-refractivity contribution in [3.8, 4) is 0 Å². The van der Waals surface area contributed by atoms with E-state index in [9.17, 15) is 0 Å². The number of benzene rings is 1. The predicted molar refractivity (Wildman–Crippen MR) is 67.1 cm³/mol. The van der Waals surface area contributed by atoms with Gasteiger partial charge in [0.05, 0.1) is 5.52 Å². The Bertz CT molecular complexity index is 516. The molecule has 2 rings (SSSR count). The van der Waals surface area contributed by atoms with E-state index in [4.69, 9.17) is 10.8 Å². The van der Waals surface area contributed by atoms with Gasteiger partial charge in [0, 0.05) is 22.9 Å². The van der Waals surface area contributed by atoms with Gasteiger partial charge in [0.1, 0.15) is 11.6 Å². The molecule has 0 bridgehead atoms. The van der Waals surface area contributed by atoms with Crippen LogP contribution in [0.1, 0.15) is 12.2 Å². The highest BCUT2D eigenvalue weighted by atomic mass is 79.9. The monoisotopic (exact) mass is 281 g/mol. The second kappa shape index (κ2) is 4.76. The van der Waals surface area contributed by atoms with Crippen molar-refractivity contribution in [1.29, 1.82) is 0 Å². The van der Waals surface area contributed by atoms with Crippen molar-refractivity contribution in [3.05, 3.63) is 28.5 Å². The van der Waals surface area contributed by atoms with Crippen LogP contribution < -0.4 is 5.73 Å². The highest BCUT2D eigenvalue weighted by Gasteiger charge is 2.05. The van der Waals surface area contributed by atoms with Gasteiger partial charge in [-0.3, -0.25) is 0 Å². The third-order valence-electron chi connectivity index (χ3n) is 2.29. The summed E-state index contributed by atoms with van der Waals surface area (Å²) in [7, 11) is 0. The minimum atomic E-state index is 0.141. The van der Waals surface area contributed by atoms with E-state index in [1.807, 2.05) is 18.2 Å². The van der Waals surface area contributed by atoms with Crippen LogP contribution in [0.3, 0.4) is 0 Å². The highest BCUT2D eigenvalue weighted by Crippen LogP contribution is 2.22. The summed E-state index contributed by atoms with van der Waals surface area (Å²) < 4.78 is 0.957. The van der Waals surface area contributed by atoms with Crippen LogP contribution in [0.4, 0.5) is 5.82 Å². The van der Waals surface area contributed by atoms with Crippen LogP contribution in [0.2, 0.25) is 0 Å². The molecule has 1 aromatic heterocycles. The first kappa shape index (κ1) is 11.3. The molecule has 0 aliphatic carbocycles. The maximum atomic E-state index is 8.75. The van der Waals surface area contributed by atoms with E-state index in [1.165, 1.54) is 0 Å². The molecule has 0 aliphatic heterocycles. The Hall–Kier alpha value is -1.20. The van der Waals surface area contributed by atoms with Crippen LogP contribution in [0.15, 0.2) is 22.7 Å².